The van der Waals surface area contributed by atoms with Crippen LogP contribution in [0.4, 0.5) is 50.1 Å². The number of hydrogen-bond donors (Lipinski definition) is 2. The molecular weight excluding hydrogens is 671 g/mol. The number of nitrogens with one attached hydrogen (secondary N) is 1. The number of carbonyl (C=O) groups is 2. The number of aromatic nitrogens is 4. The number of rotatable bonds is 7. The normalized spacial score (nSPS) is 20.4. The third-order valence-electron chi connectivity index (χ3n) is 7.86. The van der Waals surface area contributed by atoms with Crippen LogP contribution in [0.1, 0.15) is 28.8 Å². The van der Waals surface area contributed by atoms with Crippen molar-refractivity contribution in [3.05, 3.63) is 35.8 Å². The molecule has 0 saturated carbocycles. The first-order valence-electron chi connectivity index (χ1n) is 14.2. The Kier molecular flexibility index (Phi) is 9.28. The third kappa shape index (κ3) is 7.29. The van der Waals surface area contributed by atoms with E-state index >= 15 is 0 Å². The van der Waals surface area contributed by atoms with Gasteiger partial charge in [-0.05, 0) is 17.7 Å². The first-order valence-corrected chi connectivity index (χ1v) is 14.2. The fourth-order valence-electron chi connectivity index (χ4n) is 5.46. The van der Waals surface area contributed by atoms with Crippen LogP contribution in [0.25, 0.3) is 16.8 Å². The molecule has 0 spiro atoms. The minimum Gasteiger partial charge on any atom is -0.480 e. The van der Waals surface area contributed by atoms with Gasteiger partial charge in [-0.15, -0.1) is 0 Å². The van der Waals surface area contributed by atoms with E-state index in [1.165, 1.54) is 30.2 Å². The summed E-state index contributed by atoms with van der Waals surface area (Å²) in [6.07, 6.45) is -18.7. The molecule has 2 fully saturated rings. The molecule has 0 unspecified atom stereocenters. The van der Waals surface area contributed by atoms with Gasteiger partial charge in [0.1, 0.15) is 23.6 Å². The third-order valence-corrected chi connectivity index (χ3v) is 7.86. The van der Waals surface area contributed by atoms with Crippen molar-refractivity contribution in [1.82, 2.24) is 34.7 Å². The van der Waals surface area contributed by atoms with Crippen molar-refractivity contribution >= 4 is 23.3 Å². The maximum absolute atomic E-state index is 14.8. The number of hydrogen-bond acceptors (Lipinski definition) is 9. The van der Waals surface area contributed by atoms with E-state index in [1.807, 2.05) is 4.90 Å². The smallest absolute Gasteiger partial charge is 0.434 e. The maximum atomic E-state index is 14.8. The zero-order valence-electron chi connectivity index (χ0n) is 24.8. The number of fused-ring (bicyclic) bond motifs is 1. The number of ether oxygens (including phenoxy) is 2. The molecule has 12 nitrogen and oxygen atoms in total. The molecule has 3 aromatic heterocycles. The molecule has 2 saturated heterocycles. The lowest BCUT2D eigenvalue weighted by molar-refractivity contribution is -0.308. The molecule has 2 aliphatic rings. The number of halogens is 9. The summed E-state index contributed by atoms with van der Waals surface area (Å²) >= 11 is 0. The topological polar surface area (TPSA) is 140 Å². The molecule has 5 rings (SSSR count). The predicted octanol–water partition coefficient (Wildman–Crippen LogP) is 4.00. The molecule has 2 atom stereocenters. The number of anilines is 1. The first kappa shape index (κ1) is 34.8. The van der Waals surface area contributed by atoms with E-state index in [-0.39, 0.29) is 60.2 Å². The Bertz CT molecular complexity index is 1660. The zero-order chi connectivity index (χ0) is 35.2. The van der Waals surface area contributed by atoms with E-state index in [9.17, 15) is 49.1 Å². The van der Waals surface area contributed by atoms with Crippen LogP contribution < -0.4 is 15.8 Å². The number of piperidine rings is 1. The molecule has 5 heterocycles. The molecule has 262 valence electrons. The van der Waals surface area contributed by atoms with Crippen LogP contribution >= 0.6 is 0 Å². The van der Waals surface area contributed by atoms with Gasteiger partial charge in [-0.1, -0.05) is 0 Å². The van der Waals surface area contributed by atoms with Gasteiger partial charge in [-0.2, -0.15) is 31.4 Å². The zero-order valence-corrected chi connectivity index (χ0v) is 24.8. The number of amides is 2. The van der Waals surface area contributed by atoms with Crippen molar-refractivity contribution in [2.24, 2.45) is 0 Å². The van der Waals surface area contributed by atoms with Gasteiger partial charge in [0, 0.05) is 50.8 Å². The SMILES string of the molecule is COc1ncc(-c2cc(CN3CCC(F)(F)CC3)c3c(N)ncnn23)cc1C(=O)N[C@@H]1CN(C(=O)OC(C(F)(F)F)C(F)(F)F)C[C@@H]1F. The van der Waals surface area contributed by atoms with Crippen LogP contribution in [0.3, 0.4) is 0 Å². The van der Waals surface area contributed by atoms with Crippen molar-refractivity contribution in [3.63, 3.8) is 0 Å². The first-order chi connectivity index (χ1) is 22.4. The molecule has 0 aromatic carbocycles. The number of carbonyl (C=O) groups excluding carboxylic acids is 2. The minimum atomic E-state index is -5.97. The summed E-state index contributed by atoms with van der Waals surface area (Å²) in [6, 6.07) is 1.41. The van der Waals surface area contributed by atoms with Crippen molar-refractivity contribution in [1.29, 1.82) is 0 Å². The molecule has 2 aliphatic heterocycles. The van der Waals surface area contributed by atoms with Crippen molar-refractivity contribution in [3.8, 4) is 17.1 Å². The van der Waals surface area contributed by atoms with Crippen LogP contribution in [-0.2, 0) is 11.3 Å². The van der Waals surface area contributed by atoms with E-state index in [1.54, 1.807) is 6.07 Å². The maximum Gasteiger partial charge on any atom is 0.434 e. The second kappa shape index (κ2) is 12.8. The molecule has 0 aliphatic carbocycles. The number of likely N-dealkylation sites (tertiary alicyclic amines) is 2. The Balaban J connectivity index is 1.36. The average Bonchev–Trinajstić information content (AvgIpc) is 3.56. The van der Waals surface area contributed by atoms with Gasteiger partial charge in [0.2, 0.25) is 5.88 Å². The van der Waals surface area contributed by atoms with Gasteiger partial charge >= 0.3 is 18.4 Å². The molecule has 3 aromatic rings. The van der Waals surface area contributed by atoms with Crippen LogP contribution in [0, 0.1) is 0 Å². The number of pyridine rings is 1. The van der Waals surface area contributed by atoms with Crippen molar-refractivity contribution < 1.29 is 58.6 Å². The second-order valence-electron chi connectivity index (χ2n) is 11.2. The quantitative estimate of drug-likeness (QED) is 0.351. The highest BCUT2D eigenvalue weighted by Crippen LogP contribution is 2.37. The lowest BCUT2D eigenvalue weighted by atomic mass is 10.1. The van der Waals surface area contributed by atoms with Gasteiger partial charge in [-0.3, -0.25) is 9.69 Å². The standard InChI is InChI=1S/C27H27F9N8O4/c1-47-22-15(21(45)41-17-11-43(10-16(17)28)24(46)48-23(26(31,32)33)27(34,35)36)6-13(8-38-22)18-7-14(19-20(37)39-12-40-44(18)19)9-42-4-2-25(29,30)3-5-42/h6-8,12,16-17,23H,2-5,9-11H2,1H3,(H,41,45)(H2,37,39,40)/t16-,17+/m0/s1. The highest BCUT2D eigenvalue weighted by atomic mass is 19.4. The Morgan fingerprint density at radius 3 is 2.38 bits per heavy atom. The van der Waals surface area contributed by atoms with Gasteiger partial charge in [0.25, 0.3) is 17.9 Å². The number of alkyl halides is 9. The van der Waals surface area contributed by atoms with Crippen molar-refractivity contribution in [2.45, 2.75) is 56.0 Å². The number of nitrogen functional groups attached to an aromatic ring is 1. The predicted molar refractivity (Wildman–Crippen MR) is 147 cm³/mol. The summed E-state index contributed by atoms with van der Waals surface area (Å²) in [7, 11) is 1.18. The Labute approximate surface area is 265 Å². The van der Waals surface area contributed by atoms with Crippen molar-refractivity contribution in [2.75, 3.05) is 39.0 Å². The van der Waals surface area contributed by atoms with Gasteiger partial charge in [0.15, 0.2) is 5.82 Å². The number of nitrogens with two attached hydrogens (primary N) is 1. The molecule has 0 radical (unpaired) electrons. The van der Waals surface area contributed by atoms with Gasteiger partial charge in [0.05, 0.1) is 25.4 Å². The monoisotopic (exact) mass is 698 g/mol. The summed E-state index contributed by atoms with van der Waals surface area (Å²) in [5.74, 6) is -3.91. The summed E-state index contributed by atoms with van der Waals surface area (Å²) in [5.41, 5.74) is 7.46. The average molecular weight is 699 g/mol. The highest BCUT2D eigenvalue weighted by Gasteiger charge is 2.60. The summed E-state index contributed by atoms with van der Waals surface area (Å²) in [6.45, 7) is -1.30. The fourth-order valence-corrected chi connectivity index (χ4v) is 5.46. The van der Waals surface area contributed by atoms with Crippen LogP contribution in [0.5, 0.6) is 5.88 Å². The van der Waals surface area contributed by atoms with Crippen LogP contribution in [0.2, 0.25) is 0 Å². The van der Waals surface area contributed by atoms with E-state index in [0.717, 1.165) is 0 Å². The molecular formula is C27H27F9N8O4. The molecule has 3 N–H and O–H groups in total. The molecule has 21 heteroatoms. The number of nitrogens with zero attached hydrogens (tertiary/aromatic N) is 6. The lowest BCUT2D eigenvalue weighted by Gasteiger charge is -2.31. The molecule has 2 amide bonds. The Morgan fingerprint density at radius 1 is 1.08 bits per heavy atom. The Hall–Kier alpha value is -4.56. The van der Waals surface area contributed by atoms with Crippen LogP contribution in [0.15, 0.2) is 24.7 Å². The minimum absolute atomic E-state index is 0.0862. The summed E-state index contributed by atoms with van der Waals surface area (Å²) in [5, 5.41) is 6.49. The van der Waals surface area contributed by atoms with E-state index in [0.29, 0.717) is 16.8 Å². The highest BCUT2D eigenvalue weighted by molar-refractivity contribution is 5.98. The summed E-state index contributed by atoms with van der Waals surface area (Å²) in [4.78, 5) is 35.7. The van der Waals surface area contributed by atoms with E-state index in [4.69, 9.17) is 10.5 Å². The Morgan fingerprint density at radius 2 is 1.75 bits per heavy atom. The molecule has 48 heavy (non-hydrogen) atoms. The second-order valence-corrected chi connectivity index (χ2v) is 11.2. The molecule has 0 bridgehead atoms. The van der Waals surface area contributed by atoms with E-state index < -0.39 is 61.7 Å². The largest absolute Gasteiger partial charge is 0.480 e. The van der Waals surface area contributed by atoms with E-state index in [2.05, 4.69) is 25.1 Å². The van der Waals surface area contributed by atoms with Gasteiger partial charge < -0.3 is 25.4 Å². The van der Waals surface area contributed by atoms with Crippen LogP contribution in [-0.4, -0.2) is 111 Å². The fraction of sp³-hybridized carbons (Fsp3) is 0.519. The lowest BCUT2D eigenvalue weighted by Crippen LogP contribution is -2.48. The summed E-state index contributed by atoms with van der Waals surface area (Å²) < 4.78 is 129. The van der Waals surface area contributed by atoms with Gasteiger partial charge in [-0.25, -0.2) is 32.4 Å². The number of methoxy groups -OCH3 is 1.